The van der Waals surface area contributed by atoms with Crippen molar-refractivity contribution in [3.63, 3.8) is 0 Å². The molecule has 1 amide bonds. The van der Waals surface area contributed by atoms with Gasteiger partial charge < -0.3 is 16.0 Å². The molecule has 0 aliphatic carbocycles. The van der Waals surface area contributed by atoms with Gasteiger partial charge in [-0.25, -0.2) is 4.98 Å². The number of aryl methyl sites for hydroxylation is 1. The molecule has 0 radical (unpaired) electrons. The van der Waals surface area contributed by atoms with E-state index in [0.29, 0.717) is 11.3 Å². The molecule has 4 N–H and O–H groups in total. The van der Waals surface area contributed by atoms with Crippen molar-refractivity contribution in [1.29, 1.82) is 0 Å². The third-order valence-corrected chi connectivity index (χ3v) is 4.40. The zero-order chi connectivity index (χ0) is 15.0. The van der Waals surface area contributed by atoms with E-state index in [4.69, 9.17) is 5.73 Å². The number of thiazole rings is 1. The van der Waals surface area contributed by atoms with Gasteiger partial charge in [0, 0.05) is 33.9 Å². The van der Waals surface area contributed by atoms with Crippen LogP contribution in [-0.2, 0) is 0 Å². The van der Waals surface area contributed by atoms with Crippen LogP contribution in [0.4, 0.5) is 5.69 Å². The van der Waals surface area contributed by atoms with Crippen LogP contribution in [0.2, 0.25) is 0 Å². The summed E-state index contributed by atoms with van der Waals surface area (Å²) < 4.78 is 0. The highest BCUT2D eigenvalue weighted by atomic mass is 32.1. The second kappa shape index (κ2) is 5.21. The molecule has 6 heteroatoms. The molecular formula is C15H16N4OS. The first-order valence-electron chi connectivity index (χ1n) is 6.64. The SMILES string of the molecule is Cc1cnc(C(C)NC(=O)c2c[nH]c3cc(N)ccc23)s1. The van der Waals surface area contributed by atoms with E-state index in [2.05, 4.69) is 15.3 Å². The lowest BCUT2D eigenvalue weighted by Crippen LogP contribution is -2.26. The Kier molecular flexibility index (Phi) is 3.39. The Morgan fingerprint density at radius 1 is 1.48 bits per heavy atom. The van der Waals surface area contributed by atoms with Crippen molar-refractivity contribution >= 4 is 33.8 Å². The number of nitrogens with one attached hydrogen (secondary N) is 2. The number of carbonyl (C=O) groups excluding carboxylic acids is 1. The number of rotatable bonds is 3. The molecule has 1 unspecified atom stereocenters. The number of H-pyrrole nitrogens is 1. The maximum Gasteiger partial charge on any atom is 0.254 e. The summed E-state index contributed by atoms with van der Waals surface area (Å²) in [6, 6.07) is 5.35. The lowest BCUT2D eigenvalue weighted by Gasteiger charge is -2.10. The van der Waals surface area contributed by atoms with E-state index in [0.717, 1.165) is 20.8 Å². The average Bonchev–Trinajstić information content (AvgIpc) is 3.04. The van der Waals surface area contributed by atoms with Crippen molar-refractivity contribution < 1.29 is 4.79 Å². The van der Waals surface area contributed by atoms with E-state index < -0.39 is 0 Å². The molecule has 0 bridgehead atoms. The van der Waals surface area contributed by atoms with Crippen LogP contribution in [0.5, 0.6) is 0 Å². The number of aromatic nitrogens is 2. The van der Waals surface area contributed by atoms with Gasteiger partial charge in [0.15, 0.2) is 0 Å². The highest BCUT2D eigenvalue weighted by Crippen LogP contribution is 2.23. The molecule has 0 spiro atoms. The van der Waals surface area contributed by atoms with E-state index in [-0.39, 0.29) is 11.9 Å². The quantitative estimate of drug-likeness (QED) is 0.650. The largest absolute Gasteiger partial charge is 0.399 e. The molecule has 0 aliphatic rings. The number of carbonyl (C=O) groups is 1. The molecule has 5 nitrogen and oxygen atoms in total. The minimum Gasteiger partial charge on any atom is -0.399 e. The van der Waals surface area contributed by atoms with E-state index in [9.17, 15) is 4.79 Å². The Bertz CT molecular complexity index is 805. The van der Waals surface area contributed by atoms with Gasteiger partial charge in [0.2, 0.25) is 0 Å². The van der Waals surface area contributed by atoms with Crippen LogP contribution >= 0.6 is 11.3 Å². The van der Waals surface area contributed by atoms with Crippen molar-refractivity contribution in [2.45, 2.75) is 19.9 Å². The zero-order valence-electron chi connectivity index (χ0n) is 11.8. The molecule has 21 heavy (non-hydrogen) atoms. The summed E-state index contributed by atoms with van der Waals surface area (Å²) in [5.74, 6) is -0.119. The standard InChI is InChI=1S/C15H16N4OS/c1-8-6-18-15(21-8)9(2)19-14(20)12-7-17-13-5-10(16)3-4-11(12)13/h3-7,9,17H,16H2,1-2H3,(H,19,20). The summed E-state index contributed by atoms with van der Waals surface area (Å²) in [4.78, 5) is 20.9. The van der Waals surface area contributed by atoms with Gasteiger partial charge in [0.25, 0.3) is 5.91 Å². The second-order valence-corrected chi connectivity index (χ2v) is 6.28. The highest BCUT2D eigenvalue weighted by Gasteiger charge is 2.17. The second-order valence-electron chi connectivity index (χ2n) is 5.01. The summed E-state index contributed by atoms with van der Waals surface area (Å²) in [6.45, 7) is 3.93. The van der Waals surface area contributed by atoms with Gasteiger partial charge in [-0.05, 0) is 32.0 Å². The van der Waals surface area contributed by atoms with Crippen molar-refractivity contribution in [2.24, 2.45) is 0 Å². The molecule has 2 heterocycles. The molecule has 108 valence electrons. The van der Waals surface area contributed by atoms with Crippen molar-refractivity contribution in [2.75, 3.05) is 5.73 Å². The summed E-state index contributed by atoms with van der Waals surface area (Å²) in [5.41, 5.74) is 7.89. The fourth-order valence-corrected chi connectivity index (χ4v) is 3.02. The first kappa shape index (κ1) is 13.6. The fourth-order valence-electron chi connectivity index (χ4n) is 2.24. The maximum absolute atomic E-state index is 12.4. The molecule has 0 saturated heterocycles. The summed E-state index contributed by atoms with van der Waals surface area (Å²) in [6.07, 6.45) is 3.52. The minimum absolute atomic E-state index is 0.116. The predicted molar refractivity (Wildman–Crippen MR) is 85.4 cm³/mol. The molecular weight excluding hydrogens is 284 g/mol. The Morgan fingerprint density at radius 2 is 2.29 bits per heavy atom. The molecule has 3 rings (SSSR count). The molecule has 1 atom stereocenters. The summed E-state index contributed by atoms with van der Waals surface area (Å²) >= 11 is 1.59. The van der Waals surface area contributed by atoms with Crippen LogP contribution < -0.4 is 11.1 Å². The Balaban J connectivity index is 1.84. The molecule has 0 fully saturated rings. The number of nitrogens with two attached hydrogens (primary N) is 1. The van der Waals surface area contributed by atoms with Gasteiger partial charge >= 0.3 is 0 Å². The zero-order valence-corrected chi connectivity index (χ0v) is 12.6. The number of anilines is 1. The van der Waals surface area contributed by atoms with E-state index in [1.54, 1.807) is 23.6 Å². The summed E-state index contributed by atoms with van der Waals surface area (Å²) in [7, 11) is 0. The van der Waals surface area contributed by atoms with Gasteiger partial charge in [-0.3, -0.25) is 4.79 Å². The Morgan fingerprint density at radius 3 is 3.00 bits per heavy atom. The number of nitrogen functional groups attached to an aromatic ring is 1. The van der Waals surface area contributed by atoms with Gasteiger partial charge in [-0.1, -0.05) is 0 Å². The third-order valence-electron chi connectivity index (χ3n) is 3.31. The summed E-state index contributed by atoms with van der Waals surface area (Å²) in [5, 5.41) is 4.75. The molecule has 0 saturated carbocycles. The van der Waals surface area contributed by atoms with E-state index in [1.807, 2.05) is 32.2 Å². The number of hydrogen-bond donors (Lipinski definition) is 3. The van der Waals surface area contributed by atoms with Crippen LogP contribution in [0.3, 0.4) is 0 Å². The molecule has 0 aliphatic heterocycles. The van der Waals surface area contributed by atoms with Gasteiger partial charge in [0.05, 0.1) is 11.6 Å². The van der Waals surface area contributed by atoms with Gasteiger partial charge in [-0.2, -0.15) is 0 Å². The smallest absolute Gasteiger partial charge is 0.254 e. The van der Waals surface area contributed by atoms with Crippen LogP contribution in [0, 0.1) is 6.92 Å². The van der Waals surface area contributed by atoms with Gasteiger partial charge in [0.1, 0.15) is 5.01 Å². The number of benzene rings is 1. The number of fused-ring (bicyclic) bond motifs is 1. The number of amides is 1. The van der Waals surface area contributed by atoms with E-state index >= 15 is 0 Å². The maximum atomic E-state index is 12.4. The molecule has 1 aromatic carbocycles. The van der Waals surface area contributed by atoms with Crippen LogP contribution in [0.15, 0.2) is 30.6 Å². The molecule has 2 aromatic heterocycles. The van der Waals surface area contributed by atoms with Crippen molar-refractivity contribution in [1.82, 2.24) is 15.3 Å². The number of nitrogens with zero attached hydrogens (tertiary/aromatic N) is 1. The third kappa shape index (κ3) is 2.62. The first-order valence-corrected chi connectivity index (χ1v) is 7.46. The Hall–Kier alpha value is -2.34. The Labute approximate surface area is 126 Å². The van der Waals surface area contributed by atoms with E-state index in [1.165, 1.54) is 0 Å². The monoisotopic (exact) mass is 300 g/mol. The number of aromatic amines is 1. The van der Waals surface area contributed by atoms with Crippen molar-refractivity contribution in [3.05, 3.63) is 46.0 Å². The topological polar surface area (TPSA) is 83.8 Å². The molecule has 3 aromatic rings. The first-order chi connectivity index (χ1) is 10.0. The lowest BCUT2D eigenvalue weighted by molar-refractivity contribution is 0.0941. The fraction of sp³-hybridized carbons (Fsp3) is 0.200. The highest BCUT2D eigenvalue weighted by molar-refractivity contribution is 7.11. The number of hydrogen-bond acceptors (Lipinski definition) is 4. The average molecular weight is 300 g/mol. The normalized spacial score (nSPS) is 12.5. The van der Waals surface area contributed by atoms with Gasteiger partial charge in [-0.15, -0.1) is 11.3 Å². The minimum atomic E-state index is -0.119. The van der Waals surface area contributed by atoms with Crippen LogP contribution in [0.25, 0.3) is 10.9 Å². The van der Waals surface area contributed by atoms with Crippen molar-refractivity contribution in [3.8, 4) is 0 Å². The predicted octanol–water partition coefficient (Wildman–Crippen LogP) is 3.01. The van der Waals surface area contributed by atoms with Crippen LogP contribution in [0.1, 0.15) is 33.2 Å². The van der Waals surface area contributed by atoms with Crippen LogP contribution in [-0.4, -0.2) is 15.9 Å². The lowest BCUT2D eigenvalue weighted by atomic mass is 10.1.